The second-order valence-electron chi connectivity index (χ2n) is 10.6. The van der Waals surface area contributed by atoms with Gasteiger partial charge in [0.1, 0.15) is 12.2 Å². The zero-order chi connectivity index (χ0) is 29.8. The third-order valence-electron chi connectivity index (χ3n) is 6.35. The molecule has 0 unspecified atom stereocenters. The zero-order valence-corrected chi connectivity index (χ0v) is 22.8. The smallest absolute Gasteiger partial charge is 0.424 e. The summed E-state index contributed by atoms with van der Waals surface area (Å²) < 4.78 is 53.1. The van der Waals surface area contributed by atoms with Crippen LogP contribution in [-0.2, 0) is 22.3 Å². The number of nitrogens with one attached hydrogen (secondary N) is 1. The van der Waals surface area contributed by atoms with Gasteiger partial charge in [0.25, 0.3) is 5.91 Å². The van der Waals surface area contributed by atoms with Crippen LogP contribution in [0.25, 0.3) is 0 Å². The van der Waals surface area contributed by atoms with Crippen LogP contribution in [0.3, 0.4) is 0 Å². The van der Waals surface area contributed by atoms with Crippen LogP contribution in [0.4, 0.5) is 22.8 Å². The van der Waals surface area contributed by atoms with E-state index in [0.717, 1.165) is 0 Å². The molecule has 2 aromatic carbocycles. The number of likely N-dealkylation sites (tertiary alicyclic amines) is 1. The van der Waals surface area contributed by atoms with E-state index in [4.69, 9.17) is 20.6 Å². The first-order valence-electron chi connectivity index (χ1n) is 12.7. The molecule has 1 fully saturated rings. The topological polar surface area (TPSA) is 126 Å². The molecular weight excluding hydrogens is 529 g/mol. The van der Waals surface area contributed by atoms with Crippen molar-refractivity contribution >= 4 is 24.1 Å². The van der Waals surface area contributed by atoms with E-state index in [1.807, 2.05) is 0 Å². The number of hydrogen-bond acceptors (Lipinski definition) is 6. The van der Waals surface area contributed by atoms with Crippen molar-refractivity contribution in [2.75, 3.05) is 13.1 Å². The van der Waals surface area contributed by atoms with Gasteiger partial charge >= 0.3 is 18.4 Å². The fourth-order valence-corrected chi connectivity index (χ4v) is 4.44. The molecule has 0 atom stereocenters. The number of rotatable bonds is 4. The number of imide groups is 1. The van der Waals surface area contributed by atoms with Gasteiger partial charge in [-0.3, -0.25) is 10.2 Å². The zero-order valence-electron chi connectivity index (χ0n) is 22.8. The highest BCUT2D eigenvalue weighted by Gasteiger charge is 2.39. The van der Waals surface area contributed by atoms with E-state index >= 15 is 0 Å². The van der Waals surface area contributed by atoms with Gasteiger partial charge in [-0.2, -0.15) is 18.1 Å². The summed E-state index contributed by atoms with van der Waals surface area (Å²) >= 11 is 0. The number of nitrogens with two attached hydrogens (primary N) is 1. The number of amides is 3. The number of carbonyl (C=O) groups is 3. The van der Waals surface area contributed by atoms with E-state index in [-0.39, 0.29) is 48.6 Å². The predicted molar refractivity (Wildman–Crippen MR) is 141 cm³/mol. The Morgan fingerprint density at radius 3 is 2.20 bits per heavy atom. The van der Waals surface area contributed by atoms with Crippen molar-refractivity contribution < 1.29 is 37.0 Å². The summed E-state index contributed by atoms with van der Waals surface area (Å²) in [6.07, 6.45) is -6.09. The number of piperidine rings is 1. The van der Waals surface area contributed by atoms with E-state index < -0.39 is 52.9 Å². The van der Waals surface area contributed by atoms with Crippen LogP contribution < -0.4 is 5.73 Å². The lowest BCUT2D eigenvalue weighted by Gasteiger charge is -2.34. The molecule has 0 aliphatic carbocycles. The number of guanidine groups is 1. The van der Waals surface area contributed by atoms with E-state index in [1.54, 1.807) is 51.1 Å². The molecule has 0 radical (unpaired) electrons. The molecule has 3 amide bonds. The summed E-state index contributed by atoms with van der Waals surface area (Å²) in [6, 6.07) is 10.5. The number of alkyl halides is 3. The van der Waals surface area contributed by atoms with Crippen LogP contribution >= 0.6 is 0 Å². The molecule has 0 bridgehead atoms. The van der Waals surface area contributed by atoms with Gasteiger partial charge in [0.2, 0.25) is 5.96 Å². The Hall–Kier alpha value is -4.09. The SMILES string of the molecule is Cc1cc(C2CCN(C(=O)OC(C)(C)C)CC2)c(C(F)(F)F)cc1C(=O)N(C(=N)N)C(=O)OCc1ccccc1. The minimum absolute atomic E-state index is 0.00795. The highest BCUT2D eigenvalue weighted by atomic mass is 19.4. The molecule has 3 N–H and O–H groups in total. The highest BCUT2D eigenvalue weighted by Crippen LogP contribution is 2.40. The Balaban J connectivity index is 1.85. The average molecular weight is 563 g/mol. The second kappa shape index (κ2) is 12.0. The molecule has 1 saturated heterocycles. The Morgan fingerprint density at radius 2 is 1.68 bits per heavy atom. The number of halogens is 3. The molecule has 0 spiro atoms. The Morgan fingerprint density at radius 1 is 1.07 bits per heavy atom. The number of carbonyl (C=O) groups excluding carboxylic acids is 3. The van der Waals surface area contributed by atoms with Gasteiger partial charge in [-0.15, -0.1) is 0 Å². The summed E-state index contributed by atoms with van der Waals surface area (Å²) in [5, 5.41) is 7.72. The molecule has 12 heteroatoms. The molecule has 40 heavy (non-hydrogen) atoms. The van der Waals surface area contributed by atoms with Crippen LogP contribution in [0, 0.1) is 12.3 Å². The van der Waals surface area contributed by atoms with Crippen molar-refractivity contribution in [2.45, 2.75) is 64.8 Å². The summed E-state index contributed by atoms with van der Waals surface area (Å²) in [7, 11) is 0. The Labute approximate surface area is 230 Å². The van der Waals surface area contributed by atoms with Crippen molar-refractivity contribution in [3.63, 3.8) is 0 Å². The van der Waals surface area contributed by atoms with Gasteiger partial charge in [0.05, 0.1) is 5.56 Å². The quantitative estimate of drug-likeness (QED) is 0.358. The van der Waals surface area contributed by atoms with Crippen LogP contribution in [0.2, 0.25) is 0 Å². The summed E-state index contributed by atoms with van der Waals surface area (Å²) in [6.45, 7) is 6.83. The molecule has 2 aromatic rings. The first-order valence-corrected chi connectivity index (χ1v) is 12.7. The van der Waals surface area contributed by atoms with E-state index in [1.165, 1.54) is 17.9 Å². The van der Waals surface area contributed by atoms with Crippen molar-refractivity contribution in [3.05, 3.63) is 70.3 Å². The van der Waals surface area contributed by atoms with Crippen LogP contribution in [0.1, 0.15) is 72.1 Å². The second-order valence-corrected chi connectivity index (χ2v) is 10.6. The number of benzene rings is 2. The van der Waals surface area contributed by atoms with E-state index in [2.05, 4.69) is 0 Å². The fourth-order valence-electron chi connectivity index (χ4n) is 4.44. The van der Waals surface area contributed by atoms with Crippen molar-refractivity contribution in [1.82, 2.24) is 9.80 Å². The third-order valence-corrected chi connectivity index (χ3v) is 6.35. The van der Waals surface area contributed by atoms with Gasteiger partial charge in [-0.25, -0.2) is 9.59 Å². The largest absolute Gasteiger partial charge is 0.444 e. The maximum absolute atomic E-state index is 14.2. The summed E-state index contributed by atoms with van der Waals surface area (Å²) in [5.41, 5.74) is 4.07. The molecule has 9 nitrogen and oxygen atoms in total. The molecular formula is C28H33F3N4O5. The number of nitrogens with zero attached hydrogens (tertiary/aromatic N) is 2. The Bertz CT molecular complexity index is 1270. The molecule has 0 saturated carbocycles. The van der Waals surface area contributed by atoms with E-state index in [9.17, 15) is 27.6 Å². The first-order chi connectivity index (χ1) is 18.6. The first kappa shape index (κ1) is 30.5. The number of ether oxygens (including phenoxy) is 2. The van der Waals surface area contributed by atoms with Crippen LogP contribution in [-0.4, -0.2) is 52.5 Å². The number of aryl methyl sites for hydroxylation is 1. The molecule has 1 aliphatic rings. The lowest BCUT2D eigenvalue weighted by molar-refractivity contribution is -0.138. The average Bonchev–Trinajstić information content (AvgIpc) is 2.86. The fraction of sp³-hybridized carbons (Fsp3) is 0.429. The molecule has 216 valence electrons. The van der Waals surface area contributed by atoms with E-state index in [0.29, 0.717) is 11.6 Å². The maximum atomic E-state index is 14.2. The lowest BCUT2D eigenvalue weighted by Crippen LogP contribution is -2.46. The van der Waals surface area contributed by atoms with Gasteiger partial charge in [-0.05, 0) is 69.2 Å². The molecule has 1 aliphatic heterocycles. The van der Waals surface area contributed by atoms with Crippen molar-refractivity contribution in [2.24, 2.45) is 5.73 Å². The van der Waals surface area contributed by atoms with Crippen molar-refractivity contribution in [3.8, 4) is 0 Å². The summed E-state index contributed by atoms with van der Waals surface area (Å²) in [5.74, 6) is -2.73. The normalized spacial score (nSPS) is 14.4. The minimum Gasteiger partial charge on any atom is -0.444 e. The van der Waals surface area contributed by atoms with Crippen LogP contribution in [0.15, 0.2) is 42.5 Å². The minimum atomic E-state index is -4.81. The standard InChI is InChI=1S/C28H33F3N4O5/c1-17-14-21(19-10-12-34(13-11-19)25(37)40-27(2,3)4)22(28(29,30)31)15-20(17)23(36)35(24(32)33)26(38)39-16-18-8-6-5-7-9-18/h5-9,14-15,19H,10-13,16H2,1-4H3,(H3,32,33). The molecule has 3 rings (SSSR count). The molecule has 1 heterocycles. The van der Waals surface area contributed by atoms with Crippen molar-refractivity contribution in [1.29, 1.82) is 5.41 Å². The highest BCUT2D eigenvalue weighted by molar-refractivity contribution is 6.15. The van der Waals surface area contributed by atoms with Gasteiger partial charge < -0.3 is 20.1 Å². The van der Waals surface area contributed by atoms with Gasteiger partial charge in [0.15, 0.2) is 0 Å². The predicted octanol–water partition coefficient (Wildman–Crippen LogP) is 5.80. The number of hydrogen-bond donors (Lipinski definition) is 2. The maximum Gasteiger partial charge on any atom is 0.424 e. The molecule has 0 aromatic heterocycles. The van der Waals surface area contributed by atoms with Crippen LogP contribution in [0.5, 0.6) is 0 Å². The van der Waals surface area contributed by atoms with Gasteiger partial charge in [0, 0.05) is 18.7 Å². The monoisotopic (exact) mass is 562 g/mol. The third kappa shape index (κ3) is 7.51. The summed E-state index contributed by atoms with van der Waals surface area (Å²) in [4.78, 5) is 39.9. The van der Waals surface area contributed by atoms with Gasteiger partial charge in [-0.1, -0.05) is 36.4 Å². The Kier molecular flexibility index (Phi) is 9.11. The lowest BCUT2D eigenvalue weighted by atomic mass is 9.84.